The van der Waals surface area contributed by atoms with Gasteiger partial charge in [0.2, 0.25) is 0 Å². The molecule has 2 aromatic carbocycles. The van der Waals surface area contributed by atoms with E-state index in [1.165, 1.54) is 0 Å². The summed E-state index contributed by atoms with van der Waals surface area (Å²) in [5.41, 5.74) is 1.71. The SMILES string of the molecule is COc1ccc2ccc3oc(C)nc3c2c1. The second-order valence-electron chi connectivity index (χ2n) is 3.73. The van der Waals surface area contributed by atoms with Crippen molar-refractivity contribution in [1.82, 2.24) is 4.98 Å². The third kappa shape index (κ3) is 1.25. The number of aryl methyl sites for hydroxylation is 1. The van der Waals surface area contributed by atoms with Crippen molar-refractivity contribution in [3.05, 3.63) is 36.2 Å². The Morgan fingerprint density at radius 2 is 2.00 bits per heavy atom. The molecule has 3 aromatic rings. The first-order chi connectivity index (χ1) is 7.78. The van der Waals surface area contributed by atoms with Crippen molar-refractivity contribution >= 4 is 21.9 Å². The molecule has 3 rings (SSSR count). The molecular weight excluding hydrogens is 202 g/mol. The summed E-state index contributed by atoms with van der Waals surface area (Å²) < 4.78 is 10.7. The van der Waals surface area contributed by atoms with Crippen molar-refractivity contribution in [3.63, 3.8) is 0 Å². The molecule has 1 heterocycles. The van der Waals surface area contributed by atoms with E-state index < -0.39 is 0 Å². The minimum Gasteiger partial charge on any atom is -0.497 e. The van der Waals surface area contributed by atoms with Gasteiger partial charge in [-0.2, -0.15) is 0 Å². The van der Waals surface area contributed by atoms with Gasteiger partial charge >= 0.3 is 0 Å². The van der Waals surface area contributed by atoms with Crippen LogP contribution in [0.1, 0.15) is 5.89 Å². The van der Waals surface area contributed by atoms with Gasteiger partial charge in [-0.15, -0.1) is 0 Å². The van der Waals surface area contributed by atoms with Crippen LogP contribution in [0.3, 0.4) is 0 Å². The molecule has 0 aliphatic carbocycles. The monoisotopic (exact) mass is 213 g/mol. The van der Waals surface area contributed by atoms with Crippen molar-refractivity contribution in [1.29, 1.82) is 0 Å². The summed E-state index contributed by atoms with van der Waals surface area (Å²) in [6, 6.07) is 9.93. The largest absolute Gasteiger partial charge is 0.497 e. The Morgan fingerprint density at radius 3 is 2.81 bits per heavy atom. The van der Waals surface area contributed by atoms with Gasteiger partial charge in [0.25, 0.3) is 0 Å². The smallest absolute Gasteiger partial charge is 0.192 e. The number of hydrogen-bond acceptors (Lipinski definition) is 3. The van der Waals surface area contributed by atoms with Gasteiger partial charge in [0.05, 0.1) is 7.11 Å². The molecule has 16 heavy (non-hydrogen) atoms. The first-order valence-electron chi connectivity index (χ1n) is 5.12. The number of nitrogens with zero attached hydrogens (tertiary/aromatic N) is 1. The molecule has 0 N–H and O–H groups in total. The summed E-state index contributed by atoms with van der Waals surface area (Å²) >= 11 is 0. The fourth-order valence-corrected chi connectivity index (χ4v) is 1.93. The van der Waals surface area contributed by atoms with E-state index in [9.17, 15) is 0 Å². The molecule has 0 fully saturated rings. The molecule has 0 saturated heterocycles. The Balaban J connectivity index is 2.46. The Hall–Kier alpha value is -2.03. The van der Waals surface area contributed by atoms with E-state index in [1.807, 2.05) is 37.3 Å². The molecule has 1 aromatic heterocycles. The van der Waals surface area contributed by atoms with Crippen LogP contribution in [0, 0.1) is 6.92 Å². The molecule has 0 bridgehead atoms. The first-order valence-corrected chi connectivity index (χ1v) is 5.12. The maximum Gasteiger partial charge on any atom is 0.192 e. The lowest BCUT2D eigenvalue weighted by Gasteiger charge is -2.02. The Morgan fingerprint density at radius 1 is 1.19 bits per heavy atom. The molecule has 3 nitrogen and oxygen atoms in total. The summed E-state index contributed by atoms with van der Waals surface area (Å²) in [5.74, 6) is 1.52. The van der Waals surface area contributed by atoms with Crippen LogP contribution < -0.4 is 4.74 Å². The molecule has 0 spiro atoms. The highest BCUT2D eigenvalue weighted by Crippen LogP contribution is 2.28. The predicted octanol–water partition coefficient (Wildman–Crippen LogP) is 3.30. The molecule has 0 amide bonds. The number of rotatable bonds is 1. The van der Waals surface area contributed by atoms with Crippen LogP contribution in [-0.4, -0.2) is 12.1 Å². The quantitative estimate of drug-likeness (QED) is 0.622. The van der Waals surface area contributed by atoms with Gasteiger partial charge in [0.15, 0.2) is 11.5 Å². The molecule has 0 radical (unpaired) electrons. The van der Waals surface area contributed by atoms with Crippen LogP contribution in [0.2, 0.25) is 0 Å². The van der Waals surface area contributed by atoms with Gasteiger partial charge in [0.1, 0.15) is 11.3 Å². The van der Waals surface area contributed by atoms with Gasteiger partial charge in [0, 0.05) is 12.3 Å². The maximum absolute atomic E-state index is 5.50. The number of fused-ring (bicyclic) bond motifs is 3. The van der Waals surface area contributed by atoms with Crippen molar-refractivity contribution < 1.29 is 9.15 Å². The number of hydrogen-bond donors (Lipinski definition) is 0. The number of benzene rings is 2. The Kier molecular flexibility index (Phi) is 1.86. The fraction of sp³-hybridized carbons (Fsp3) is 0.154. The van der Waals surface area contributed by atoms with Gasteiger partial charge < -0.3 is 9.15 Å². The van der Waals surface area contributed by atoms with Crippen LogP contribution in [0.5, 0.6) is 5.75 Å². The number of oxazole rings is 1. The Bertz CT molecular complexity index is 670. The van der Waals surface area contributed by atoms with Crippen LogP contribution in [-0.2, 0) is 0 Å². The number of aromatic nitrogens is 1. The van der Waals surface area contributed by atoms with Crippen molar-refractivity contribution in [2.24, 2.45) is 0 Å². The van der Waals surface area contributed by atoms with Crippen LogP contribution >= 0.6 is 0 Å². The van der Waals surface area contributed by atoms with Crippen molar-refractivity contribution in [2.45, 2.75) is 6.92 Å². The molecule has 0 aliphatic heterocycles. The Labute approximate surface area is 92.7 Å². The molecule has 3 heteroatoms. The minimum atomic E-state index is 0.685. The second kappa shape index (κ2) is 3.23. The topological polar surface area (TPSA) is 35.3 Å². The van der Waals surface area contributed by atoms with E-state index in [1.54, 1.807) is 7.11 Å². The summed E-state index contributed by atoms with van der Waals surface area (Å²) in [6.07, 6.45) is 0. The summed E-state index contributed by atoms with van der Waals surface area (Å²) in [6.45, 7) is 1.85. The fourth-order valence-electron chi connectivity index (χ4n) is 1.93. The average molecular weight is 213 g/mol. The van der Waals surface area contributed by atoms with E-state index in [2.05, 4.69) is 4.98 Å². The minimum absolute atomic E-state index is 0.685. The van der Waals surface area contributed by atoms with E-state index in [4.69, 9.17) is 9.15 Å². The van der Waals surface area contributed by atoms with Crippen molar-refractivity contribution in [3.8, 4) is 5.75 Å². The number of ether oxygens (including phenoxy) is 1. The molecule has 0 saturated carbocycles. The highest BCUT2D eigenvalue weighted by Gasteiger charge is 2.07. The van der Waals surface area contributed by atoms with Gasteiger partial charge in [-0.05, 0) is 23.6 Å². The zero-order chi connectivity index (χ0) is 11.1. The van der Waals surface area contributed by atoms with E-state index in [0.29, 0.717) is 5.89 Å². The molecule has 80 valence electrons. The van der Waals surface area contributed by atoms with E-state index in [0.717, 1.165) is 27.6 Å². The van der Waals surface area contributed by atoms with Crippen LogP contribution in [0.25, 0.3) is 21.9 Å². The molecule has 0 unspecified atom stereocenters. The maximum atomic E-state index is 5.50. The lowest BCUT2D eigenvalue weighted by molar-refractivity contribution is 0.415. The van der Waals surface area contributed by atoms with E-state index >= 15 is 0 Å². The van der Waals surface area contributed by atoms with Crippen LogP contribution in [0.4, 0.5) is 0 Å². The second-order valence-corrected chi connectivity index (χ2v) is 3.73. The summed E-state index contributed by atoms with van der Waals surface area (Å²) in [5, 5.41) is 2.20. The highest BCUT2D eigenvalue weighted by atomic mass is 16.5. The lowest BCUT2D eigenvalue weighted by atomic mass is 10.1. The first kappa shape index (κ1) is 9.21. The van der Waals surface area contributed by atoms with Gasteiger partial charge in [-0.3, -0.25) is 0 Å². The summed E-state index contributed by atoms with van der Waals surface area (Å²) in [7, 11) is 1.66. The van der Waals surface area contributed by atoms with E-state index in [-0.39, 0.29) is 0 Å². The average Bonchev–Trinajstić information content (AvgIpc) is 2.69. The summed E-state index contributed by atoms with van der Waals surface area (Å²) in [4.78, 5) is 4.39. The van der Waals surface area contributed by atoms with Crippen molar-refractivity contribution in [2.75, 3.05) is 7.11 Å². The highest BCUT2D eigenvalue weighted by molar-refractivity contribution is 6.03. The third-order valence-corrected chi connectivity index (χ3v) is 2.69. The van der Waals surface area contributed by atoms with Gasteiger partial charge in [-0.25, -0.2) is 4.98 Å². The molecule has 0 aliphatic rings. The zero-order valence-electron chi connectivity index (χ0n) is 9.15. The standard InChI is InChI=1S/C13H11NO2/c1-8-14-13-11-7-10(15-2)5-3-9(11)4-6-12(13)16-8/h3-7H,1-2H3. The number of methoxy groups -OCH3 is 1. The lowest BCUT2D eigenvalue weighted by Crippen LogP contribution is -1.83. The molecule has 0 atom stereocenters. The predicted molar refractivity (Wildman–Crippen MR) is 62.8 cm³/mol. The zero-order valence-corrected chi connectivity index (χ0v) is 9.15. The normalized spacial score (nSPS) is 11.1. The van der Waals surface area contributed by atoms with Crippen LogP contribution in [0.15, 0.2) is 34.7 Å². The molecular formula is C13H11NO2. The third-order valence-electron chi connectivity index (χ3n) is 2.69. The van der Waals surface area contributed by atoms with Gasteiger partial charge in [-0.1, -0.05) is 12.1 Å².